The zero-order chi connectivity index (χ0) is 22.1. The first-order valence-corrected chi connectivity index (χ1v) is 9.68. The molecule has 158 valence electrons. The monoisotopic (exact) mass is 440 g/mol. The molecule has 0 aliphatic carbocycles. The molecule has 3 N–H and O–H groups in total. The average Bonchev–Trinajstić information content (AvgIpc) is 3.28. The lowest BCUT2D eigenvalue weighted by Crippen LogP contribution is -2.15. The van der Waals surface area contributed by atoms with E-state index in [0.717, 1.165) is 17.2 Å². The third kappa shape index (κ3) is 4.26. The molecule has 2 aromatic carbocycles. The number of carbonyl (C=O) groups excluding carboxylic acids is 1. The van der Waals surface area contributed by atoms with Crippen LogP contribution in [0.3, 0.4) is 0 Å². The average molecular weight is 441 g/mol. The lowest BCUT2D eigenvalue weighted by molar-refractivity contribution is 0.102. The second-order valence-corrected chi connectivity index (χ2v) is 7.36. The zero-order valence-corrected chi connectivity index (χ0v) is 17.4. The lowest BCUT2D eigenvalue weighted by Gasteiger charge is -2.05. The predicted molar refractivity (Wildman–Crippen MR) is 114 cm³/mol. The van der Waals surface area contributed by atoms with E-state index in [4.69, 9.17) is 21.8 Å². The maximum Gasteiger partial charge on any atom is 0.280 e. The van der Waals surface area contributed by atoms with Crippen LogP contribution in [0.2, 0.25) is 5.02 Å². The quantitative estimate of drug-likeness (QED) is 0.480. The minimum atomic E-state index is -0.594. The van der Waals surface area contributed by atoms with E-state index in [1.54, 1.807) is 6.92 Å². The topological polar surface area (TPSA) is 112 Å². The van der Waals surface area contributed by atoms with Crippen LogP contribution < -0.4 is 11.1 Å². The van der Waals surface area contributed by atoms with Crippen molar-refractivity contribution in [3.63, 3.8) is 0 Å². The SMILES string of the molecule is Cc1cccc(-c2nc(Cn3nnc(C(=O)Nc4ccc(F)c(Cl)c4)c3N)c(C)o2)c1. The van der Waals surface area contributed by atoms with Gasteiger partial charge in [0.25, 0.3) is 5.91 Å². The molecule has 0 radical (unpaired) electrons. The van der Waals surface area contributed by atoms with Gasteiger partial charge in [0.05, 0.1) is 11.6 Å². The Balaban J connectivity index is 1.53. The number of halogens is 2. The number of nitrogens with zero attached hydrogens (tertiary/aromatic N) is 4. The second kappa shape index (κ2) is 8.19. The summed E-state index contributed by atoms with van der Waals surface area (Å²) in [4.78, 5) is 17.0. The molecule has 0 saturated heterocycles. The number of nitrogen functional groups attached to an aromatic ring is 1. The Bertz CT molecular complexity index is 1280. The Kier molecular flexibility index (Phi) is 5.43. The largest absolute Gasteiger partial charge is 0.441 e. The molecule has 2 heterocycles. The highest BCUT2D eigenvalue weighted by molar-refractivity contribution is 6.31. The van der Waals surface area contributed by atoms with Crippen molar-refractivity contribution in [2.75, 3.05) is 11.1 Å². The molecule has 0 bridgehead atoms. The van der Waals surface area contributed by atoms with Gasteiger partial charge in [-0.2, -0.15) is 0 Å². The van der Waals surface area contributed by atoms with Gasteiger partial charge in [-0.3, -0.25) is 4.79 Å². The van der Waals surface area contributed by atoms with Gasteiger partial charge < -0.3 is 15.5 Å². The number of nitrogens with one attached hydrogen (secondary N) is 1. The third-order valence-corrected chi connectivity index (χ3v) is 4.91. The molecule has 4 rings (SSSR count). The first-order chi connectivity index (χ1) is 14.8. The molecule has 1 amide bonds. The van der Waals surface area contributed by atoms with E-state index < -0.39 is 11.7 Å². The van der Waals surface area contributed by atoms with Crippen molar-refractivity contribution < 1.29 is 13.6 Å². The van der Waals surface area contributed by atoms with Crippen LogP contribution in [0.15, 0.2) is 46.9 Å². The number of oxazole rings is 1. The molecule has 0 unspecified atom stereocenters. The van der Waals surface area contributed by atoms with Crippen LogP contribution in [-0.2, 0) is 6.54 Å². The van der Waals surface area contributed by atoms with Crippen LogP contribution in [0.25, 0.3) is 11.5 Å². The van der Waals surface area contributed by atoms with E-state index in [1.807, 2.05) is 31.2 Å². The summed E-state index contributed by atoms with van der Waals surface area (Å²) in [5.41, 5.74) is 8.88. The Morgan fingerprint density at radius 2 is 2.06 bits per heavy atom. The first kappa shape index (κ1) is 20.5. The molecule has 0 saturated carbocycles. The summed E-state index contributed by atoms with van der Waals surface area (Å²) in [7, 11) is 0. The van der Waals surface area contributed by atoms with Crippen molar-refractivity contribution >= 4 is 29.0 Å². The van der Waals surface area contributed by atoms with Crippen LogP contribution in [0.4, 0.5) is 15.9 Å². The number of hydrogen-bond donors (Lipinski definition) is 2. The number of rotatable bonds is 5. The van der Waals surface area contributed by atoms with Gasteiger partial charge in [0.2, 0.25) is 5.89 Å². The molecule has 10 heteroatoms. The summed E-state index contributed by atoms with van der Waals surface area (Å²) < 4.78 is 20.4. The van der Waals surface area contributed by atoms with Gasteiger partial charge >= 0.3 is 0 Å². The fraction of sp³-hybridized carbons (Fsp3) is 0.143. The Labute approximate surface area is 181 Å². The molecule has 0 aliphatic heterocycles. The van der Waals surface area contributed by atoms with E-state index in [-0.39, 0.29) is 23.1 Å². The Morgan fingerprint density at radius 3 is 2.81 bits per heavy atom. The molecular formula is C21H18ClFN6O2. The predicted octanol–water partition coefficient (Wildman–Crippen LogP) is 4.23. The highest BCUT2D eigenvalue weighted by Gasteiger charge is 2.20. The van der Waals surface area contributed by atoms with Crippen LogP contribution >= 0.6 is 11.6 Å². The number of aryl methyl sites for hydroxylation is 2. The van der Waals surface area contributed by atoms with Crippen molar-refractivity contribution in [3.05, 3.63) is 76.0 Å². The van der Waals surface area contributed by atoms with E-state index in [9.17, 15) is 9.18 Å². The molecular weight excluding hydrogens is 423 g/mol. The van der Waals surface area contributed by atoms with Gasteiger partial charge in [-0.05, 0) is 44.2 Å². The molecule has 0 spiro atoms. The van der Waals surface area contributed by atoms with Gasteiger partial charge in [0.1, 0.15) is 17.3 Å². The van der Waals surface area contributed by atoms with E-state index in [0.29, 0.717) is 23.0 Å². The molecule has 2 aromatic heterocycles. The van der Waals surface area contributed by atoms with Gasteiger partial charge in [0.15, 0.2) is 11.5 Å². The molecule has 0 fully saturated rings. The number of benzene rings is 2. The van der Waals surface area contributed by atoms with Crippen molar-refractivity contribution in [3.8, 4) is 11.5 Å². The van der Waals surface area contributed by atoms with Gasteiger partial charge in [0, 0.05) is 11.3 Å². The van der Waals surface area contributed by atoms with Crippen LogP contribution in [0, 0.1) is 19.7 Å². The number of amides is 1. The summed E-state index contributed by atoms with van der Waals surface area (Å²) in [6.45, 7) is 3.96. The highest BCUT2D eigenvalue weighted by Crippen LogP contribution is 2.24. The fourth-order valence-electron chi connectivity index (χ4n) is 2.98. The molecule has 4 aromatic rings. The van der Waals surface area contributed by atoms with E-state index >= 15 is 0 Å². The standard InChI is InChI=1S/C21H18ClFN6O2/c1-11-4-3-5-13(8-11)21-26-17(12(2)31-21)10-29-19(24)18(27-28-29)20(30)25-14-6-7-16(23)15(22)9-14/h3-9H,10,24H2,1-2H3,(H,25,30). The van der Waals surface area contributed by atoms with Crippen LogP contribution in [0.5, 0.6) is 0 Å². The van der Waals surface area contributed by atoms with Crippen LogP contribution in [0.1, 0.15) is 27.5 Å². The first-order valence-electron chi connectivity index (χ1n) is 9.30. The minimum Gasteiger partial charge on any atom is -0.441 e. The normalized spacial score (nSPS) is 11.0. The Hall–Kier alpha value is -3.72. The number of aromatic nitrogens is 4. The summed E-state index contributed by atoms with van der Waals surface area (Å²) in [6.07, 6.45) is 0. The van der Waals surface area contributed by atoms with Crippen LogP contribution in [-0.4, -0.2) is 25.9 Å². The minimum absolute atomic E-state index is 0.0604. The fourth-order valence-corrected chi connectivity index (χ4v) is 3.16. The van der Waals surface area contributed by atoms with Crippen molar-refractivity contribution in [2.45, 2.75) is 20.4 Å². The van der Waals surface area contributed by atoms with Gasteiger partial charge in [-0.25, -0.2) is 14.1 Å². The highest BCUT2D eigenvalue weighted by atomic mass is 35.5. The Morgan fingerprint density at radius 1 is 1.26 bits per heavy atom. The van der Waals surface area contributed by atoms with Crippen molar-refractivity contribution in [2.24, 2.45) is 0 Å². The molecule has 0 atom stereocenters. The lowest BCUT2D eigenvalue weighted by atomic mass is 10.1. The zero-order valence-electron chi connectivity index (χ0n) is 16.7. The van der Waals surface area contributed by atoms with Crippen molar-refractivity contribution in [1.82, 2.24) is 20.0 Å². The summed E-state index contributed by atoms with van der Waals surface area (Å²) in [5.74, 6) is -0.0218. The molecule has 31 heavy (non-hydrogen) atoms. The summed E-state index contributed by atoms with van der Waals surface area (Å²) >= 11 is 5.74. The smallest absolute Gasteiger partial charge is 0.280 e. The van der Waals surface area contributed by atoms with E-state index in [2.05, 4.69) is 20.6 Å². The maximum absolute atomic E-state index is 13.3. The van der Waals surface area contributed by atoms with Crippen molar-refractivity contribution in [1.29, 1.82) is 0 Å². The van der Waals surface area contributed by atoms with Gasteiger partial charge in [-0.1, -0.05) is 34.5 Å². The molecule has 0 aliphatic rings. The van der Waals surface area contributed by atoms with Gasteiger partial charge in [-0.15, -0.1) is 5.10 Å². The maximum atomic E-state index is 13.3. The third-order valence-electron chi connectivity index (χ3n) is 4.62. The molecule has 8 nitrogen and oxygen atoms in total. The summed E-state index contributed by atoms with van der Waals surface area (Å²) in [5, 5.41) is 10.3. The number of anilines is 2. The second-order valence-electron chi connectivity index (χ2n) is 6.96. The summed E-state index contributed by atoms with van der Waals surface area (Å²) in [6, 6.07) is 11.6. The number of nitrogens with two attached hydrogens (primary N) is 1. The van der Waals surface area contributed by atoms with E-state index in [1.165, 1.54) is 16.8 Å². The number of hydrogen-bond acceptors (Lipinski definition) is 6. The number of carbonyl (C=O) groups is 1.